The van der Waals surface area contributed by atoms with Crippen molar-refractivity contribution in [1.29, 1.82) is 0 Å². The number of rotatable bonds is 4. The molecule has 0 amide bonds. The van der Waals surface area contributed by atoms with E-state index in [0.717, 1.165) is 22.9 Å². The summed E-state index contributed by atoms with van der Waals surface area (Å²) in [7, 11) is 1.17. The molecule has 0 atom stereocenters. The van der Waals surface area contributed by atoms with Gasteiger partial charge in [-0.15, -0.1) is 0 Å². The molecular weight excluding hydrogens is 360 g/mol. The van der Waals surface area contributed by atoms with E-state index in [9.17, 15) is 18.4 Å². The van der Waals surface area contributed by atoms with Crippen LogP contribution in [0.3, 0.4) is 0 Å². The number of benzene rings is 1. The SMILES string of the molecule is CCOc1c(C(=O)OC)cn(C(=O)OC(C)(C)C)c1-c1ccc(F)cc1F. The Morgan fingerprint density at radius 1 is 1.19 bits per heavy atom. The predicted molar refractivity (Wildman–Crippen MR) is 93.9 cm³/mol. The summed E-state index contributed by atoms with van der Waals surface area (Å²) in [5.74, 6) is -2.53. The van der Waals surface area contributed by atoms with Crippen molar-refractivity contribution in [3.63, 3.8) is 0 Å². The summed E-state index contributed by atoms with van der Waals surface area (Å²) in [5, 5.41) is 0. The third kappa shape index (κ3) is 4.45. The summed E-state index contributed by atoms with van der Waals surface area (Å²) in [4.78, 5) is 24.8. The highest BCUT2D eigenvalue weighted by Gasteiger charge is 2.30. The molecular formula is C19H21F2NO5. The number of hydrogen-bond acceptors (Lipinski definition) is 5. The highest BCUT2D eigenvalue weighted by molar-refractivity contribution is 5.98. The van der Waals surface area contributed by atoms with Crippen LogP contribution >= 0.6 is 0 Å². The molecule has 0 aliphatic carbocycles. The molecule has 2 rings (SSSR count). The number of methoxy groups -OCH3 is 1. The highest BCUT2D eigenvalue weighted by Crippen LogP contribution is 2.38. The van der Waals surface area contributed by atoms with Crippen LogP contribution in [0.4, 0.5) is 13.6 Å². The second kappa shape index (κ2) is 7.77. The number of halogens is 2. The van der Waals surface area contributed by atoms with Gasteiger partial charge < -0.3 is 14.2 Å². The molecule has 0 bridgehead atoms. The maximum Gasteiger partial charge on any atom is 0.419 e. The summed E-state index contributed by atoms with van der Waals surface area (Å²) in [5.41, 5.74) is -1.11. The van der Waals surface area contributed by atoms with Gasteiger partial charge in [-0.1, -0.05) is 0 Å². The first-order chi connectivity index (χ1) is 12.6. The van der Waals surface area contributed by atoms with Gasteiger partial charge in [-0.05, 0) is 39.8 Å². The van der Waals surface area contributed by atoms with Crippen LogP contribution in [0.2, 0.25) is 0 Å². The van der Waals surface area contributed by atoms with Crippen molar-refractivity contribution in [2.45, 2.75) is 33.3 Å². The average molecular weight is 381 g/mol. The van der Waals surface area contributed by atoms with E-state index in [2.05, 4.69) is 0 Å². The maximum absolute atomic E-state index is 14.5. The van der Waals surface area contributed by atoms with Crippen LogP contribution in [0.5, 0.6) is 5.75 Å². The Morgan fingerprint density at radius 3 is 2.37 bits per heavy atom. The van der Waals surface area contributed by atoms with E-state index in [1.807, 2.05) is 0 Å². The zero-order valence-electron chi connectivity index (χ0n) is 15.8. The average Bonchev–Trinajstić information content (AvgIpc) is 2.92. The number of nitrogens with zero attached hydrogens (tertiary/aromatic N) is 1. The molecule has 0 spiro atoms. The molecule has 1 heterocycles. The predicted octanol–water partition coefficient (Wildman–Crippen LogP) is 4.40. The van der Waals surface area contributed by atoms with Crippen LogP contribution in [-0.4, -0.2) is 35.9 Å². The fraction of sp³-hybridized carbons (Fsp3) is 0.368. The first-order valence-electron chi connectivity index (χ1n) is 8.24. The normalized spacial score (nSPS) is 11.2. The molecule has 0 radical (unpaired) electrons. The number of ether oxygens (including phenoxy) is 3. The minimum Gasteiger partial charge on any atom is -0.491 e. The van der Waals surface area contributed by atoms with Crippen LogP contribution in [0, 0.1) is 11.6 Å². The molecule has 0 N–H and O–H groups in total. The Bertz CT molecular complexity index is 868. The van der Waals surface area contributed by atoms with Crippen LogP contribution in [0.25, 0.3) is 11.3 Å². The topological polar surface area (TPSA) is 66.8 Å². The number of hydrogen-bond donors (Lipinski definition) is 0. The molecule has 6 nitrogen and oxygen atoms in total. The monoisotopic (exact) mass is 381 g/mol. The Kier molecular flexibility index (Phi) is 5.88. The Hall–Kier alpha value is -2.90. The molecule has 8 heteroatoms. The van der Waals surface area contributed by atoms with Gasteiger partial charge in [0.15, 0.2) is 5.75 Å². The van der Waals surface area contributed by atoms with Crippen LogP contribution < -0.4 is 4.74 Å². The quantitative estimate of drug-likeness (QED) is 0.735. The van der Waals surface area contributed by atoms with Gasteiger partial charge in [-0.25, -0.2) is 22.9 Å². The van der Waals surface area contributed by atoms with Gasteiger partial charge in [0, 0.05) is 17.8 Å². The minimum atomic E-state index is -0.921. The van der Waals surface area contributed by atoms with E-state index in [0.29, 0.717) is 6.07 Å². The van der Waals surface area contributed by atoms with Crippen LogP contribution in [0.1, 0.15) is 38.1 Å². The largest absolute Gasteiger partial charge is 0.491 e. The van der Waals surface area contributed by atoms with Crippen molar-refractivity contribution in [1.82, 2.24) is 4.57 Å². The zero-order chi connectivity index (χ0) is 20.4. The molecule has 0 saturated heterocycles. The van der Waals surface area contributed by atoms with E-state index in [1.165, 1.54) is 7.11 Å². The van der Waals surface area contributed by atoms with Gasteiger partial charge in [0.25, 0.3) is 0 Å². The van der Waals surface area contributed by atoms with Gasteiger partial charge in [0.1, 0.15) is 28.5 Å². The molecule has 0 fully saturated rings. The maximum atomic E-state index is 14.5. The third-order valence-corrected chi connectivity index (χ3v) is 3.43. The molecule has 0 unspecified atom stereocenters. The number of aromatic nitrogens is 1. The first kappa shape index (κ1) is 20.4. The van der Waals surface area contributed by atoms with Gasteiger partial charge in [0.2, 0.25) is 0 Å². The van der Waals surface area contributed by atoms with Crippen molar-refractivity contribution >= 4 is 12.1 Å². The summed E-state index contributed by atoms with van der Waals surface area (Å²) >= 11 is 0. The Balaban J connectivity index is 2.77. The third-order valence-electron chi connectivity index (χ3n) is 3.43. The van der Waals surface area contributed by atoms with Crippen molar-refractivity contribution < 1.29 is 32.6 Å². The molecule has 0 saturated carbocycles. The van der Waals surface area contributed by atoms with E-state index in [4.69, 9.17) is 14.2 Å². The van der Waals surface area contributed by atoms with Crippen molar-refractivity contribution in [2.75, 3.05) is 13.7 Å². The lowest BCUT2D eigenvalue weighted by Gasteiger charge is -2.20. The van der Waals surface area contributed by atoms with Crippen molar-refractivity contribution in [3.05, 3.63) is 41.6 Å². The molecule has 0 aliphatic heterocycles. The minimum absolute atomic E-state index is 0.0549. The Morgan fingerprint density at radius 2 is 1.85 bits per heavy atom. The van der Waals surface area contributed by atoms with Crippen LogP contribution in [-0.2, 0) is 9.47 Å². The second-order valence-electron chi connectivity index (χ2n) is 6.62. The lowest BCUT2D eigenvalue weighted by atomic mass is 10.1. The van der Waals surface area contributed by atoms with Gasteiger partial charge in [-0.3, -0.25) is 0 Å². The van der Waals surface area contributed by atoms with E-state index in [-0.39, 0.29) is 29.2 Å². The molecule has 1 aromatic carbocycles. The fourth-order valence-corrected chi connectivity index (χ4v) is 2.42. The molecule has 27 heavy (non-hydrogen) atoms. The van der Waals surface area contributed by atoms with Crippen LogP contribution in [0.15, 0.2) is 24.4 Å². The smallest absolute Gasteiger partial charge is 0.419 e. The molecule has 1 aromatic heterocycles. The van der Waals surface area contributed by atoms with Gasteiger partial charge in [-0.2, -0.15) is 0 Å². The van der Waals surface area contributed by atoms with Gasteiger partial charge >= 0.3 is 12.1 Å². The summed E-state index contributed by atoms with van der Waals surface area (Å²) in [6, 6.07) is 2.87. The lowest BCUT2D eigenvalue weighted by molar-refractivity contribution is 0.0539. The number of carbonyl (C=O) groups excluding carboxylic acids is 2. The zero-order valence-corrected chi connectivity index (χ0v) is 15.8. The highest BCUT2D eigenvalue weighted by atomic mass is 19.1. The van der Waals surface area contributed by atoms with Crippen molar-refractivity contribution in [2.24, 2.45) is 0 Å². The first-order valence-corrected chi connectivity index (χ1v) is 8.24. The molecule has 2 aromatic rings. The van der Waals surface area contributed by atoms with E-state index < -0.39 is 29.3 Å². The standard InChI is InChI=1S/C19H21F2NO5/c1-6-26-16-13(17(23)25-5)10-22(18(24)27-19(2,3)4)15(16)12-8-7-11(20)9-14(12)21/h7-10H,6H2,1-5H3. The number of esters is 1. The summed E-state index contributed by atoms with van der Waals surface area (Å²) < 4.78 is 44.3. The molecule has 146 valence electrons. The van der Waals surface area contributed by atoms with E-state index >= 15 is 0 Å². The summed E-state index contributed by atoms with van der Waals surface area (Å²) in [6.45, 7) is 6.79. The Labute approximate surface area is 155 Å². The lowest BCUT2D eigenvalue weighted by Crippen LogP contribution is -2.27. The van der Waals surface area contributed by atoms with Gasteiger partial charge in [0.05, 0.1) is 13.7 Å². The second-order valence-corrected chi connectivity index (χ2v) is 6.62. The van der Waals surface area contributed by atoms with Crippen molar-refractivity contribution in [3.8, 4) is 17.0 Å². The van der Waals surface area contributed by atoms with E-state index in [1.54, 1.807) is 27.7 Å². The fourth-order valence-electron chi connectivity index (χ4n) is 2.42. The number of carbonyl (C=O) groups is 2. The molecule has 0 aliphatic rings. The summed E-state index contributed by atoms with van der Waals surface area (Å²) in [6.07, 6.45) is 0.306.